The van der Waals surface area contributed by atoms with E-state index >= 15 is 0 Å². The van der Waals surface area contributed by atoms with Gasteiger partial charge in [0.2, 0.25) is 0 Å². The molecule has 0 aromatic heterocycles. The topological polar surface area (TPSA) is 71.6 Å². The van der Waals surface area contributed by atoms with Crippen LogP contribution in [-0.2, 0) is 19.0 Å². The number of ether oxygens (including phenoxy) is 3. The molecule has 5 aliphatic rings. The Labute approximate surface area is 205 Å². The molecular formula is C29H44O5. The number of Topliss-reactive ketones (excluding diaryl/α,β-unsaturated/α-hetero) is 1. The Morgan fingerprint density at radius 2 is 1.68 bits per heavy atom. The highest BCUT2D eigenvalue weighted by atomic mass is 16.7. The van der Waals surface area contributed by atoms with Crippen LogP contribution in [0.2, 0.25) is 0 Å². The number of ketones is 1. The standard InChI is InChI=1S/C29H44O5/c1-14(2)19(30)17(5)21(31)27(9)20(25(7)12-16(4)22-29(11,33-22)23(25)27)15(3)13-26(8)24-28(10,34-24)18(6)32-26/h12-14,17-18,20-24,31H,1-11H3/b15-13+/t17-,18+,20+,21-,22+,23-,24-,25-,26-,27+,28+,29+/m0/s1. The van der Waals surface area contributed by atoms with Gasteiger partial charge in [-0.3, -0.25) is 4.79 Å². The SMILES string of the molecule is CC1=C[C@@]2(C)[C@@H](/C(C)=C/[C@]3(C)O[C@H](C)[C@@]4(C)O[C@H]43)[C@](C)([C@@H](O)[C@@H](C)C(=O)C(C)C)[C@H]2[C@]2(C)O[C@H]12. The zero-order chi connectivity index (χ0) is 25.4. The molecule has 5 rings (SSSR count). The molecular weight excluding hydrogens is 428 g/mol. The van der Waals surface area contributed by atoms with Gasteiger partial charge in [0.1, 0.15) is 34.8 Å². The minimum Gasteiger partial charge on any atom is -0.392 e. The summed E-state index contributed by atoms with van der Waals surface area (Å²) in [5, 5.41) is 11.9. The molecule has 4 fully saturated rings. The molecule has 0 aromatic rings. The molecule has 0 bridgehead atoms. The largest absolute Gasteiger partial charge is 0.392 e. The average molecular weight is 473 g/mol. The van der Waals surface area contributed by atoms with Crippen LogP contribution in [-0.4, -0.2) is 52.1 Å². The molecule has 5 nitrogen and oxygen atoms in total. The smallest absolute Gasteiger partial charge is 0.140 e. The third-order valence-corrected chi connectivity index (χ3v) is 10.5. The van der Waals surface area contributed by atoms with Crippen molar-refractivity contribution in [3.05, 3.63) is 23.3 Å². The van der Waals surface area contributed by atoms with E-state index in [0.29, 0.717) is 0 Å². The molecule has 12 atom stereocenters. The molecule has 0 spiro atoms. The van der Waals surface area contributed by atoms with Gasteiger partial charge in [-0.2, -0.15) is 0 Å². The maximum Gasteiger partial charge on any atom is 0.140 e. The van der Waals surface area contributed by atoms with Gasteiger partial charge < -0.3 is 19.3 Å². The van der Waals surface area contributed by atoms with E-state index in [9.17, 15) is 9.90 Å². The minimum absolute atomic E-state index is 0.0355. The van der Waals surface area contributed by atoms with Crippen molar-refractivity contribution in [2.45, 2.75) is 117 Å². The fraction of sp³-hybridized carbons (Fsp3) is 0.828. The van der Waals surface area contributed by atoms with Gasteiger partial charge in [-0.1, -0.05) is 52.3 Å². The quantitative estimate of drug-likeness (QED) is 0.441. The zero-order valence-corrected chi connectivity index (χ0v) is 22.9. The lowest BCUT2D eigenvalue weighted by molar-refractivity contribution is -0.230. The number of fused-ring (bicyclic) bond motifs is 4. The fourth-order valence-corrected chi connectivity index (χ4v) is 9.49. The van der Waals surface area contributed by atoms with Gasteiger partial charge in [0.25, 0.3) is 0 Å². The minimum atomic E-state index is -0.763. The van der Waals surface area contributed by atoms with E-state index in [-0.39, 0.29) is 58.5 Å². The zero-order valence-electron chi connectivity index (χ0n) is 22.9. The van der Waals surface area contributed by atoms with Gasteiger partial charge in [-0.25, -0.2) is 0 Å². The highest BCUT2D eigenvalue weighted by Crippen LogP contribution is 2.78. The van der Waals surface area contributed by atoms with Gasteiger partial charge in [0.15, 0.2) is 0 Å². The molecule has 3 heterocycles. The fourth-order valence-electron chi connectivity index (χ4n) is 9.49. The predicted molar refractivity (Wildman–Crippen MR) is 131 cm³/mol. The predicted octanol–water partition coefficient (Wildman–Crippen LogP) is 4.87. The number of carbonyl (C=O) groups is 1. The van der Waals surface area contributed by atoms with Gasteiger partial charge in [-0.05, 0) is 58.4 Å². The molecule has 3 saturated heterocycles. The van der Waals surface area contributed by atoms with E-state index in [2.05, 4.69) is 67.5 Å². The number of carbonyl (C=O) groups excluding carboxylic acids is 1. The monoisotopic (exact) mass is 472 g/mol. The molecule has 0 radical (unpaired) electrons. The number of aliphatic hydroxyl groups is 1. The van der Waals surface area contributed by atoms with Crippen LogP contribution in [0, 0.1) is 34.5 Å². The molecule has 3 aliphatic heterocycles. The second-order valence-electron chi connectivity index (χ2n) is 13.5. The number of rotatable bonds is 6. The number of aliphatic hydroxyl groups excluding tert-OH is 1. The highest BCUT2D eigenvalue weighted by Gasteiger charge is 2.81. The number of allylic oxidation sites excluding steroid dienone is 2. The Morgan fingerprint density at radius 3 is 2.18 bits per heavy atom. The van der Waals surface area contributed by atoms with Gasteiger partial charge in [-0.15, -0.1) is 0 Å². The highest BCUT2D eigenvalue weighted by molar-refractivity contribution is 5.83. The van der Waals surface area contributed by atoms with Crippen molar-refractivity contribution in [3.63, 3.8) is 0 Å². The van der Waals surface area contributed by atoms with Crippen molar-refractivity contribution in [2.24, 2.45) is 34.5 Å². The average Bonchev–Trinajstić information content (AvgIpc) is 3.58. The molecule has 0 aromatic carbocycles. The van der Waals surface area contributed by atoms with Crippen molar-refractivity contribution in [2.75, 3.05) is 0 Å². The van der Waals surface area contributed by atoms with Crippen molar-refractivity contribution in [1.82, 2.24) is 0 Å². The maximum absolute atomic E-state index is 13.0. The first kappa shape index (κ1) is 24.7. The summed E-state index contributed by atoms with van der Waals surface area (Å²) in [6.45, 7) is 23.1. The third-order valence-electron chi connectivity index (χ3n) is 10.5. The molecule has 0 amide bonds. The lowest BCUT2D eigenvalue weighted by atomic mass is 9.32. The summed E-state index contributed by atoms with van der Waals surface area (Å²) in [5.74, 6) is -0.260. The summed E-state index contributed by atoms with van der Waals surface area (Å²) in [4.78, 5) is 13.0. The first-order valence-electron chi connectivity index (χ1n) is 13.1. The van der Waals surface area contributed by atoms with Crippen molar-refractivity contribution >= 4 is 5.78 Å². The van der Waals surface area contributed by atoms with Crippen molar-refractivity contribution in [3.8, 4) is 0 Å². The summed E-state index contributed by atoms with van der Waals surface area (Å²) in [5.41, 5.74) is 0.776. The first-order chi connectivity index (χ1) is 15.5. The number of epoxide rings is 2. The molecule has 0 unspecified atom stereocenters. The molecule has 34 heavy (non-hydrogen) atoms. The Hall–Kier alpha value is -1.01. The van der Waals surface area contributed by atoms with E-state index in [1.165, 1.54) is 11.1 Å². The number of hydrogen-bond donors (Lipinski definition) is 1. The third kappa shape index (κ3) is 2.79. The first-order valence-corrected chi connectivity index (χ1v) is 13.1. The van der Waals surface area contributed by atoms with Gasteiger partial charge in [0, 0.05) is 23.2 Å². The van der Waals surface area contributed by atoms with Crippen molar-refractivity contribution in [1.29, 1.82) is 0 Å². The van der Waals surface area contributed by atoms with E-state index in [4.69, 9.17) is 14.2 Å². The lowest BCUT2D eigenvalue weighted by Crippen LogP contribution is -2.72. The molecule has 1 N–H and O–H groups in total. The van der Waals surface area contributed by atoms with E-state index in [1.54, 1.807) is 0 Å². The summed E-state index contributed by atoms with van der Waals surface area (Å²) in [7, 11) is 0. The van der Waals surface area contributed by atoms with Gasteiger partial charge >= 0.3 is 0 Å². The van der Waals surface area contributed by atoms with Crippen LogP contribution >= 0.6 is 0 Å². The van der Waals surface area contributed by atoms with Crippen LogP contribution in [0.4, 0.5) is 0 Å². The van der Waals surface area contributed by atoms with Crippen LogP contribution in [0.15, 0.2) is 23.3 Å². The van der Waals surface area contributed by atoms with Crippen LogP contribution in [0.3, 0.4) is 0 Å². The van der Waals surface area contributed by atoms with Crippen LogP contribution in [0.5, 0.6) is 0 Å². The Balaban J connectivity index is 1.58. The molecule has 1 saturated carbocycles. The Kier molecular flexibility index (Phi) is 4.97. The molecule has 2 aliphatic carbocycles. The van der Waals surface area contributed by atoms with Crippen LogP contribution in [0.25, 0.3) is 0 Å². The molecule has 190 valence electrons. The van der Waals surface area contributed by atoms with Crippen molar-refractivity contribution < 1.29 is 24.1 Å². The van der Waals surface area contributed by atoms with Gasteiger partial charge in [0.05, 0.1) is 12.2 Å². The second-order valence-corrected chi connectivity index (χ2v) is 13.5. The second kappa shape index (κ2) is 6.85. The number of hydrogen-bond acceptors (Lipinski definition) is 5. The Bertz CT molecular complexity index is 998. The van der Waals surface area contributed by atoms with E-state index < -0.39 is 23.0 Å². The normalized spacial score (nSPS) is 54.9. The van der Waals surface area contributed by atoms with E-state index in [1.807, 2.05) is 20.8 Å². The van der Waals surface area contributed by atoms with Crippen LogP contribution < -0.4 is 0 Å². The van der Waals surface area contributed by atoms with E-state index in [0.717, 1.165) is 0 Å². The van der Waals surface area contributed by atoms with Crippen LogP contribution in [0.1, 0.15) is 76.2 Å². The lowest BCUT2D eigenvalue weighted by Gasteiger charge is -2.71. The summed E-state index contributed by atoms with van der Waals surface area (Å²) >= 11 is 0. The summed E-state index contributed by atoms with van der Waals surface area (Å²) in [6, 6.07) is 0. The summed E-state index contributed by atoms with van der Waals surface area (Å²) in [6.07, 6.45) is 4.07. The Morgan fingerprint density at radius 1 is 1.06 bits per heavy atom. The summed E-state index contributed by atoms with van der Waals surface area (Å²) < 4.78 is 18.8. The molecule has 5 heteroatoms. The maximum atomic E-state index is 13.0.